The molecule has 3 N–H and O–H groups in total. The molecule has 0 saturated carbocycles. The number of aromatic nitrogens is 4. The number of hydrogen-bond acceptors (Lipinski definition) is 5. The van der Waals surface area contributed by atoms with Gasteiger partial charge in [0.25, 0.3) is 0 Å². The van der Waals surface area contributed by atoms with Gasteiger partial charge in [-0.3, -0.25) is 0 Å². The number of halogens is 3. The molecule has 96 valence electrons. The predicted octanol–water partition coefficient (Wildman–Crippen LogP) is 1.19. The van der Waals surface area contributed by atoms with Crippen molar-refractivity contribution in [1.82, 2.24) is 19.7 Å². The van der Waals surface area contributed by atoms with E-state index in [0.717, 1.165) is 6.20 Å². The quantitative estimate of drug-likeness (QED) is 0.845. The minimum absolute atomic E-state index is 0.00782. The monoisotopic (exact) mass is 259 g/mol. The molecule has 0 fully saturated rings. The van der Waals surface area contributed by atoms with Gasteiger partial charge >= 0.3 is 6.18 Å². The van der Waals surface area contributed by atoms with E-state index < -0.39 is 18.6 Å². The highest BCUT2D eigenvalue weighted by Gasteiger charge is 2.30. The third kappa shape index (κ3) is 2.50. The molecule has 2 aromatic heterocycles. The summed E-state index contributed by atoms with van der Waals surface area (Å²) in [4.78, 5) is 7.58. The molecule has 0 aliphatic heterocycles. The molecule has 18 heavy (non-hydrogen) atoms. The van der Waals surface area contributed by atoms with Gasteiger partial charge in [-0.25, -0.2) is 14.6 Å². The van der Waals surface area contributed by atoms with Crippen LogP contribution in [0.3, 0.4) is 0 Å². The van der Waals surface area contributed by atoms with Gasteiger partial charge in [-0.1, -0.05) is 0 Å². The third-order valence-electron chi connectivity index (χ3n) is 2.06. The Balaban J connectivity index is 2.37. The summed E-state index contributed by atoms with van der Waals surface area (Å²) >= 11 is 0. The summed E-state index contributed by atoms with van der Waals surface area (Å²) in [5.41, 5.74) is 5.41. The molecule has 0 radical (unpaired) electrons. The van der Waals surface area contributed by atoms with E-state index in [9.17, 15) is 18.3 Å². The Morgan fingerprint density at radius 2 is 2.11 bits per heavy atom. The number of nitrogen functional groups attached to an aromatic ring is 1. The fourth-order valence-electron chi connectivity index (χ4n) is 1.32. The van der Waals surface area contributed by atoms with Crippen LogP contribution in [0.5, 0.6) is 5.88 Å². The summed E-state index contributed by atoms with van der Waals surface area (Å²) in [6, 6.07) is 1.42. The van der Waals surface area contributed by atoms with Gasteiger partial charge in [0.15, 0.2) is 5.82 Å². The van der Waals surface area contributed by atoms with Gasteiger partial charge in [0, 0.05) is 6.20 Å². The van der Waals surface area contributed by atoms with Crippen molar-refractivity contribution in [1.29, 1.82) is 0 Å². The van der Waals surface area contributed by atoms with Crippen molar-refractivity contribution in [3.8, 4) is 17.3 Å². The van der Waals surface area contributed by atoms with E-state index in [0.29, 0.717) is 4.68 Å². The van der Waals surface area contributed by atoms with Crippen molar-refractivity contribution < 1.29 is 18.3 Å². The average molecular weight is 259 g/mol. The van der Waals surface area contributed by atoms with Crippen LogP contribution in [-0.4, -0.2) is 31.0 Å². The topological polar surface area (TPSA) is 89.8 Å². The Labute approximate surface area is 98.9 Å². The first kappa shape index (κ1) is 12.1. The van der Waals surface area contributed by atoms with E-state index in [1.165, 1.54) is 12.3 Å². The van der Waals surface area contributed by atoms with Gasteiger partial charge in [0.1, 0.15) is 17.9 Å². The Kier molecular flexibility index (Phi) is 2.81. The van der Waals surface area contributed by atoms with Gasteiger partial charge < -0.3 is 10.8 Å². The van der Waals surface area contributed by atoms with Crippen LogP contribution < -0.4 is 5.73 Å². The number of alkyl halides is 3. The van der Waals surface area contributed by atoms with Crippen molar-refractivity contribution in [2.24, 2.45) is 0 Å². The Hall–Kier alpha value is -2.32. The summed E-state index contributed by atoms with van der Waals surface area (Å²) in [6.07, 6.45) is -2.09. The van der Waals surface area contributed by atoms with Gasteiger partial charge in [-0.05, 0) is 6.07 Å². The molecule has 2 rings (SSSR count). The molecular formula is C9H8F3N5O. The molecule has 0 spiro atoms. The summed E-state index contributed by atoms with van der Waals surface area (Å²) < 4.78 is 36.9. The molecule has 0 aromatic carbocycles. The van der Waals surface area contributed by atoms with Crippen molar-refractivity contribution in [3.05, 3.63) is 18.5 Å². The highest BCUT2D eigenvalue weighted by molar-refractivity contribution is 5.61. The lowest BCUT2D eigenvalue weighted by atomic mass is 10.3. The molecule has 9 heteroatoms. The molecule has 0 bridgehead atoms. The zero-order valence-electron chi connectivity index (χ0n) is 8.89. The Morgan fingerprint density at radius 3 is 2.72 bits per heavy atom. The van der Waals surface area contributed by atoms with Gasteiger partial charge in [0.2, 0.25) is 5.88 Å². The molecule has 6 nitrogen and oxygen atoms in total. The van der Waals surface area contributed by atoms with Crippen molar-refractivity contribution >= 4 is 5.82 Å². The van der Waals surface area contributed by atoms with E-state index in [-0.39, 0.29) is 17.2 Å². The molecular weight excluding hydrogens is 251 g/mol. The summed E-state index contributed by atoms with van der Waals surface area (Å²) in [6.45, 7) is -1.39. The fourth-order valence-corrected chi connectivity index (χ4v) is 1.32. The maximum Gasteiger partial charge on any atom is 0.408 e. The molecule has 0 aliphatic rings. The standard InChI is InChI=1S/C9H8F3N5O/c10-9(11,12)4-17-8(18)5(3-15-17)7-14-2-1-6(13)16-7/h1-3,18H,4H2,(H2,13,14,16). The highest BCUT2D eigenvalue weighted by Crippen LogP contribution is 2.28. The molecule has 0 aliphatic carbocycles. The van der Waals surface area contributed by atoms with Gasteiger partial charge in [-0.15, -0.1) is 0 Å². The first-order valence-corrected chi connectivity index (χ1v) is 4.77. The van der Waals surface area contributed by atoms with Crippen LogP contribution in [0.4, 0.5) is 19.0 Å². The van der Waals surface area contributed by atoms with E-state index in [2.05, 4.69) is 15.1 Å². The largest absolute Gasteiger partial charge is 0.493 e. The first-order valence-electron chi connectivity index (χ1n) is 4.77. The predicted molar refractivity (Wildman–Crippen MR) is 55.4 cm³/mol. The van der Waals surface area contributed by atoms with Crippen LogP contribution in [0.15, 0.2) is 18.5 Å². The van der Waals surface area contributed by atoms with Crippen molar-refractivity contribution in [2.75, 3.05) is 5.73 Å². The van der Waals surface area contributed by atoms with Gasteiger partial charge in [0.05, 0.1) is 6.20 Å². The van der Waals surface area contributed by atoms with Crippen LogP contribution in [0.1, 0.15) is 0 Å². The zero-order chi connectivity index (χ0) is 13.3. The lowest BCUT2D eigenvalue weighted by molar-refractivity contribution is -0.143. The Bertz CT molecular complexity index is 566. The number of rotatable bonds is 2. The lowest BCUT2D eigenvalue weighted by Gasteiger charge is -2.07. The van der Waals surface area contributed by atoms with Crippen LogP contribution in [0.2, 0.25) is 0 Å². The third-order valence-corrected chi connectivity index (χ3v) is 2.06. The molecule has 0 saturated heterocycles. The van der Waals surface area contributed by atoms with Crippen molar-refractivity contribution in [2.45, 2.75) is 12.7 Å². The van der Waals surface area contributed by atoms with E-state index >= 15 is 0 Å². The molecule has 2 heterocycles. The van der Waals surface area contributed by atoms with Crippen LogP contribution >= 0.6 is 0 Å². The van der Waals surface area contributed by atoms with Crippen molar-refractivity contribution in [3.63, 3.8) is 0 Å². The molecule has 0 amide bonds. The number of aromatic hydroxyl groups is 1. The minimum atomic E-state index is -4.47. The smallest absolute Gasteiger partial charge is 0.408 e. The lowest BCUT2D eigenvalue weighted by Crippen LogP contribution is -2.18. The van der Waals surface area contributed by atoms with E-state index in [4.69, 9.17) is 5.73 Å². The molecule has 2 aromatic rings. The second kappa shape index (κ2) is 4.17. The second-order valence-electron chi connectivity index (χ2n) is 3.46. The Morgan fingerprint density at radius 1 is 1.39 bits per heavy atom. The number of hydrogen-bond donors (Lipinski definition) is 2. The van der Waals surface area contributed by atoms with Gasteiger partial charge in [-0.2, -0.15) is 18.3 Å². The normalized spacial score (nSPS) is 11.7. The van der Waals surface area contributed by atoms with Crippen LogP contribution in [0, 0.1) is 0 Å². The van der Waals surface area contributed by atoms with E-state index in [1.807, 2.05) is 0 Å². The second-order valence-corrected chi connectivity index (χ2v) is 3.46. The number of nitrogens with two attached hydrogens (primary N) is 1. The summed E-state index contributed by atoms with van der Waals surface area (Å²) in [5.74, 6) is -0.498. The summed E-state index contributed by atoms with van der Waals surface area (Å²) in [5, 5.41) is 13.0. The summed E-state index contributed by atoms with van der Waals surface area (Å²) in [7, 11) is 0. The van der Waals surface area contributed by atoms with Crippen LogP contribution in [0.25, 0.3) is 11.4 Å². The SMILES string of the molecule is Nc1ccnc(-c2cnn(CC(F)(F)F)c2O)n1. The zero-order valence-corrected chi connectivity index (χ0v) is 8.89. The van der Waals surface area contributed by atoms with Crippen LogP contribution in [-0.2, 0) is 6.54 Å². The highest BCUT2D eigenvalue weighted by atomic mass is 19.4. The van der Waals surface area contributed by atoms with E-state index in [1.54, 1.807) is 0 Å². The maximum absolute atomic E-state index is 12.2. The number of nitrogens with zero attached hydrogens (tertiary/aromatic N) is 4. The average Bonchev–Trinajstić information content (AvgIpc) is 2.58. The fraction of sp³-hybridized carbons (Fsp3) is 0.222. The maximum atomic E-state index is 12.2. The number of anilines is 1. The first-order chi connectivity index (χ1) is 8.37. The molecule has 0 atom stereocenters. The molecule has 0 unspecified atom stereocenters. The minimum Gasteiger partial charge on any atom is -0.493 e.